The molecule has 6 nitrogen and oxygen atoms in total. The van der Waals surface area contributed by atoms with Crippen LogP contribution in [0.2, 0.25) is 0 Å². The van der Waals surface area contributed by atoms with Crippen LogP contribution in [0.5, 0.6) is 0 Å². The molecule has 0 radical (unpaired) electrons. The molecule has 2 aromatic carbocycles. The molecule has 1 unspecified atom stereocenters. The fraction of sp³-hybridized carbons (Fsp3) is 0.286. The summed E-state index contributed by atoms with van der Waals surface area (Å²) in [7, 11) is 1.38. The highest BCUT2D eigenvalue weighted by Crippen LogP contribution is 2.31. The number of urea groups is 1. The minimum atomic E-state index is -0.241. The largest absolute Gasteiger partial charge is 0.469 e. The monoisotopic (exact) mass is 363 g/mol. The molecule has 0 aromatic heterocycles. The molecular formula is C21H21N3O3. The number of nitriles is 1. The molecule has 1 aliphatic heterocycles. The van der Waals surface area contributed by atoms with Gasteiger partial charge in [0.25, 0.3) is 0 Å². The van der Waals surface area contributed by atoms with Gasteiger partial charge in [0, 0.05) is 24.3 Å². The maximum Gasteiger partial charge on any atom is 0.329 e. The third-order valence-corrected chi connectivity index (χ3v) is 4.68. The van der Waals surface area contributed by atoms with Crippen molar-refractivity contribution in [2.75, 3.05) is 23.5 Å². The standard InChI is InChI=1S/C21H21N3O3/c1-27-20(25)9-5-8-19-15-23(17-12-10-16(14-22)11-13-17)21(26)24(19)18-6-3-2-4-7-18/h2-4,6-7,10-13,19H,5,8-9,15H2,1H3. The van der Waals surface area contributed by atoms with Gasteiger partial charge in [0.1, 0.15) is 0 Å². The molecule has 27 heavy (non-hydrogen) atoms. The van der Waals surface area contributed by atoms with Gasteiger partial charge in [-0.1, -0.05) is 18.2 Å². The Morgan fingerprint density at radius 1 is 1.15 bits per heavy atom. The number of hydrogen-bond acceptors (Lipinski definition) is 4. The highest BCUT2D eigenvalue weighted by molar-refractivity contribution is 6.06. The first-order valence-electron chi connectivity index (χ1n) is 8.87. The van der Waals surface area contributed by atoms with Gasteiger partial charge >= 0.3 is 12.0 Å². The van der Waals surface area contributed by atoms with Crippen LogP contribution in [0, 0.1) is 11.3 Å². The lowest BCUT2D eigenvalue weighted by atomic mass is 10.1. The summed E-state index contributed by atoms with van der Waals surface area (Å²) in [5.41, 5.74) is 2.15. The Morgan fingerprint density at radius 3 is 2.48 bits per heavy atom. The summed E-state index contributed by atoms with van der Waals surface area (Å²) < 4.78 is 4.70. The molecule has 1 aliphatic rings. The summed E-state index contributed by atoms with van der Waals surface area (Å²) in [5.74, 6) is -0.241. The number of anilines is 2. The van der Waals surface area contributed by atoms with E-state index < -0.39 is 0 Å². The number of esters is 1. The van der Waals surface area contributed by atoms with E-state index in [1.54, 1.807) is 34.1 Å². The van der Waals surface area contributed by atoms with Crippen LogP contribution >= 0.6 is 0 Å². The Labute approximate surface area is 158 Å². The number of nitrogens with zero attached hydrogens (tertiary/aromatic N) is 3. The zero-order valence-corrected chi connectivity index (χ0v) is 15.2. The van der Waals surface area contributed by atoms with Crippen LogP contribution < -0.4 is 9.80 Å². The first kappa shape index (κ1) is 18.5. The third kappa shape index (κ3) is 4.09. The van der Waals surface area contributed by atoms with Crippen molar-refractivity contribution in [3.63, 3.8) is 0 Å². The molecule has 6 heteroatoms. The van der Waals surface area contributed by atoms with E-state index in [2.05, 4.69) is 6.07 Å². The lowest BCUT2D eigenvalue weighted by molar-refractivity contribution is -0.140. The molecule has 138 valence electrons. The van der Waals surface area contributed by atoms with Gasteiger partial charge in [-0.05, 0) is 49.2 Å². The quantitative estimate of drug-likeness (QED) is 0.733. The van der Waals surface area contributed by atoms with E-state index >= 15 is 0 Å². The van der Waals surface area contributed by atoms with Crippen LogP contribution in [0.1, 0.15) is 24.8 Å². The maximum atomic E-state index is 13.1. The molecule has 3 rings (SSSR count). The van der Waals surface area contributed by atoms with E-state index in [1.807, 2.05) is 30.3 Å². The van der Waals surface area contributed by atoms with E-state index in [0.29, 0.717) is 31.4 Å². The topological polar surface area (TPSA) is 73.6 Å². The molecule has 2 aromatic rings. The Bertz CT molecular complexity index is 843. The first-order valence-corrected chi connectivity index (χ1v) is 8.87. The minimum absolute atomic E-state index is 0.0415. The summed E-state index contributed by atoms with van der Waals surface area (Å²) >= 11 is 0. The van der Waals surface area contributed by atoms with Gasteiger partial charge in [0.05, 0.1) is 24.8 Å². The molecule has 0 bridgehead atoms. The lowest BCUT2D eigenvalue weighted by Crippen LogP contribution is -2.35. The van der Waals surface area contributed by atoms with Crippen molar-refractivity contribution >= 4 is 23.4 Å². The summed E-state index contributed by atoms with van der Waals surface area (Å²) in [5, 5.41) is 8.96. The molecule has 0 aliphatic carbocycles. The number of carbonyl (C=O) groups is 2. The highest BCUT2D eigenvalue weighted by atomic mass is 16.5. The average Bonchev–Trinajstić information content (AvgIpc) is 3.04. The number of ether oxygens (including phenoxy) is 1. The smallest absolute Gasteiger partial charge is 0.329 e. The van der Waals surface area contributed by atoms with Gasteiger partial charge < -0.3 is 4.74 Å². The van der Waals surface area contributed by atoms with Crippen molar-refractivity contribution in [1.29, 1.82) is 5.26 Å². The fourth-order valence-corrected chi connectivity index (χ4v) is 3.30. The second-order valence-electron chi connectivity index (χ2n) is 6.38. The molecule has 0 saturated carbocycles. The Kier molecular flexibility index (Phi) is 5.72. The Balaban J connectivity index is 1.82. The summed E-state index contributed by atoms with van der Waals surface area (Å²) in [4.78, 5) is 28.0. The second kappa shape index (κ2) is 8.37. The van der Waals surface area contributed by atoms with E-state index in [0.717, 1.165) is 11.4 Å². The van der Waals surface area contributed by atoms with Crippen molar-refractivity contribution in [3.05, 3.63) is 60.2 Å². The number of rotatable bonds is 6. The van der Waals surface area contributed by atoms with E-state index in [4.69, 9.17) is 10.00 Å². The van der Waals surface area contributed by atoms with Crippen LogP contribution in [-0.4, -0.2) is 31.7 Å². The first-order chi connectivity index (χ1) is 13.1. The SMILES string of the molecule is COC(=O)CCCC1CN(c2ccc(C#N)cc2)C(=O)N1c1ccccc1. The molecule has 2 amide bonds. The maximum absolute atomic E-state index is 13.1. The van der Waals surface area contributed by atoms with Crippen molar-refractivity contribution in [1.82, 2.24) is 0 Å². The summed E-state index contributed by atoms with van der Waals surface area (Å²) in [6.45, 7) is 0.529. The molecule has 1 fully saturated rings. The van der Waals surface area contributed by atoms with Crippen molar-refractivity contribution < 1.29 is 14.3 Å². The summed E-state index contributed by atoms with van der Waals surface area (Å²) in [6, 6.07) is 18.5. The van der Waals surface area contributed by atoms with E-state index in [-0.39, 0.29) is 18.0 Å². The molecular weight excluding hydrogens is 342 g/mol. The summed E-state index contributed by atoms with van der Waals surface area (Å²) in [6.07, 6.45) is 1.68. The molecule has 1 atom stereocenters. The van der Waals surface area contributed by atoms with Gasteiger partial charge in [-0.25, -0.2) is 4.79 Å². The molecule has 0 N–H and O–H groups in total. The van der Waals surface area contributed by atoms with Crippen LogP contribution in [-0.2, 0) is 9.53 Å². The van der Waals surface area contributed by atoms with Crippen LogP contribution in [0.4, 0.5) is 16.2 Å². The van der Waals surface area contributed by atoms with E-state index in [9.17, 15) is 9.59 Å². The normalized spacial score (nSPS) is 16.3. The number of hydrogen-bond donors (Lipinski definition) is 0. The number of para-hydroxylation sites is 1. The van der Waals surface area contributed by atoms with Crippen molar-refractivity contribution in [3.8, 4) is 6.07 Å². The molecule has 1 saturated heterocycles. The highest BCUT2D eigenvalue weighted by Gasteiger charge is 2.38. The Hall–Kier alpha value is -3.33. The zero-order chi connectivity index (χ0) is 19.2. The van der Waals surface area contributed by atoms with Gasteiger partial charge in [-0.3, -0.25) is 14.6 Å². The minimum Gasteiger partial charge on any atom is -0.469 e. The van der Waals surface area contributed by atoms with Crippen LogP contribution in [0.25, 0.3) is 0 Å². The molecule has 0 spiro atoms. The number of methoxy groups -OCH3 is 1. The average molecular weight is 363 g/mol. The van der Waals surface area contributed by atoms with Gasteiger partial charge in [-0.15, -0.1) is 0 Å². The van der Waals surface area contributed by atoms with Crippen LogP contribution in [0.15, 0.2) is 54.6 Å². The van der Waals surface area contributed by atoms with Crippen molar-refractivity contribution in [2.24, 2.45) is 0 Å². The Morgan fingerprint density at radius 2 is 1.85 bits per heavy atom. The number of carbonyl (C=O) groups excluding carboxylic acids is 2. The second-order valence-corrected chi connectivity index (χ2v) is 6.38. The fourth-order valence-electron chi connectivity index (χ4n) is 3.30. The predicted molar refractivity (Wildman–Crippen MR) is 102 cm³/mol. The van der Waals surface area contributed by atoms with Gasteiger partial charge in [0.2, 0.25) is 0 Å². The molecule has 1 heterocycles. The zero-order valence-electron chi connectivity index (χ0n) is 15.2. The third-order valence-electron chi connectivity index (χ3n) is 4.68. The predicted octanol–water partition coefficient (Wildman–Crippen LogP) is 3.72. The van der Waals surface area contributed by atoms with Gasteiger partial charge in [0.15, 0.2) is 0 Å². The van der Waals surface area contributed by atoms with Gasteiger partial charge in [-0.2, -0.15) is 5.26 Å². The number of benzene rings is 2. The number of amides is 2. The van der Waals surface area contributed by atoms with E-state index in [1.165, 1.54) is 7.11 Å². The van der Waals surface area contributed by atoms with Crippen LogP contribution in [0.3, 0.4) is 0 Å². The van der Waals surface area contributed by atoms with Crippen molar-refractivity contribution in [2.45, 2.75) is 25.3 Å². The lowest BCUT2D eigenvalue weighted by Gasteiger charge is -2.23.